The quantitative estimate of drug-likeness (QED) is 0.484. The summed E-state index contributed by atoms with van der Waals surface area (Å²) in [7, 11) is 0. The first kappa shape index (κ1) is 25.1. The summed E-state index contributed by atoms with van der Waals surface area (Å²) in [5, 5.41) is 2.77. The molecule has 2 aromatic rings. The number of carbonyl (C=O) groups excluding carboxylic acids is 1. The molecule has 1 aromatic carbocycles. The summed E-state index contributed by atoms with van der Waals surface area (Å²) in [5.41, 5.74) is 1.85. The number of rotatable bonds is 7. The van der Waals surface area contributed by atoms with Gasteiger partial charge in [-0.1, -0.05) is 25.5 Å². The zero-order chi connectivity index (χ0) is 24.2. The molecule has 0 spiro atoms. The average Bonchev–Trinajstić information content (AvgIpc) is 2.71. The number of benzene rings is 1. The number of anilines is 2. The fourth-order valence-electron chi connectivity index (χ4n) is 3.73. The van der Waals surface area contributed by atoms with Gasteiger partial charge in [-0.2, -0.15) is 4.98 Å². The van der Waals surface area contributed by atoms with E-state index >= 15 is 0 Å². The van der Waals surface area contributed by atoms with Crippen LogP contribution in [0.25, 0.3) is 0 Å². The third kappa shape index (κ3) is 6.97. The van der Waals surface area contributed by atoms with Gasteiger partial charge in [0.2, 0.25) is 5.88 Å². The average molecular weight is 478 g/mol. The van der Waals surface area contributed by atoms with Crippen LogP contribution in [0.5, 0.6) is 5.88 Å². The van der Waals surface area contributed by atoms with Gasteiger partial charge in [0.15, 0.2) is 0 Å². The number of carbonyl (C=O) groups is 1. The highest BCUT2D eigenvalue weighted by Gasteiger charge is 2.29. The SMILES string of the molecule is CCCC(Cl)CN1c2cc(Cc3ccc(F)cc3)c(NC(=O)OC(C)(C)C)nc2OCC1C. The Hall–Kier alpha value is -2.54. The van der Waals surface area contributed by atoms with E-state index in [1.165, 1.54) is 12.1 Å². The van der Waals surface area contributed by atoms with Crippen molar-refractivity contribution in [1.29, 1.82) is 0 Å². The lowest BCUT2D eigenvalue weighted by molar-refractivity contribution is 0.0635. The van der Waals surface area contributed by atoms with Gasteiger partial charge in [-0.15, -0.1) is 11.6 Å². The Balaban J connectivity index is 1.98. The number of amides is 1. The second-order valence-electron chi connectivity index (χ2n) is 9.45. The van der Waals surface area contributed by atoms with Crippen molar-refractivity contribution in [3.63, 3.8) is 0 Å². The molecule has 0 saturated carbocycles. The Morgan fingerprint density at radius 1 is 1.36 bits per heavy atom. The number of hydrogen-bond donors (Lipinski definition) is 1. The predicted molar refractivity (Wildman–Crippen MR) is 130 cm³/mol. The van der Waals surface area contributed by atoms with Crippen LogP contribution in [0.2, 0.25) is 0 Å². The Labute approximate surface area is 200 Å². The minimum absolute atomic E-state index is 0.00325. The van der Waals surface area contributed by atoms with Gasteiger partial charge in [0, 0.05) is 18.5 Å². The van der Waals surface area contributed by atoms with Crippen LogP contribution < -0.4 is 15.0 Å². The number of hydrogen-bond acceptors (Lipinski definition) is 5. The van der Waals surface area contributed by atoms with Crippen LogP contribution in [0, 0.1) is 5.82 Å². The van der Waals surface area contributed by atoms with Gasteiger partial charge < -0.3 is 14.4 Å². The molecule has 1 aromatic heterocycles. The molecule has 0 aliphatic carbocycles. The standard InChI is InChI=1S/C25H33ClFN3O3/c1-6-7-19(26)14-30-16(2)15-32-23-21(30)13-18(12-17-8-10-20(27)11-9-17)22(28-23)29-24(31)33-25(3,4)5/h8-11,13,16,19H,6-7,12,14-15H2,1-5H3,(H,28,29,31). The third-order valence-corrected chi connectivity index (χ3v) is 5.63. The fraction of sp³-hybridized carbons (Fsp3) is 0.520. The van der Waals surface area contributed by atoms with Gasteiger partial charge in [0.05, 0.1) is 11.4 Å². The zero-order valence-corrected chi connectivity index (χ0v) is 20.7. The van der Waals surface area contributed by atoms with Crippen molar-refractivity contribution >= 4 is 29.2 Å². The molecule has 6 nitrogen and oxygen atoms in total. The molecule has 1 aliphatic rings. The lowest BCUT2D eigenvalue weighted by Gasteiger charge is -2.37. The van der Waals surface area contributed by atoms with Crippen molar-refractivity contribution in [2.75, 3.05) is 23.4 Å². The molecule has 0 saturated heterocycles. The van der Waals surface area contributed by atoms with Crippen molar-refractivity contribution in [1.82, 2.24) is 4.98 Å². The minimum atomic E-state index is -0.646. The molecule has 1 N–H and O–H groups in total. The van der Waals surface area contributed by atoms with E-state index in [1.54, 1.807) is 32.9 Å². The molecule has 3 rings (SSSR count). The summed E-state index contributed by atoms with van der Waals surface area (Å²) in [6.07, 6.45) is 1.77. The summed E-state index contributed by atoms with van der Waals surface area (Å²) in [6.45, 7) is 10.7. The molecular formula is C25H33ClFN3O3. The highest BCUT2D eigenvalue weighted by Crippen LogP contribution is 2.37. The van der Waals surface area contributed by atoms with Crippen molar-refractivity contribution in [2.45, 2.75) is 70.9 Å². The molecule has 1 aliphatic heterocycles. The van der Waals surface area contributed by atoms with E-state index in [1.807, 2.05) is 6.07 Å². The van der Waals surface area contributed by atoms with E-state index in [2.05, 4.69) is 29.0 Å². The summed E-state index contributed by atoms with van der Waals surface area (Å²) >= 11 is 6.58. The van der Waals surface area contributed by atoms with Gasteiger partial charge in [0.1, 0.15) is 29.5 Å². The molecule has 1 amide bonds. The third-order valence-electron chi connectivity index (χ3n) is 5.27. The van der Waals surface area contributed by atoms with Crippen LogP contribution >= 0.6 is 11.6 Å². The Morgan fingerprint density at radius 3 is 2.70 bits per heavy atom. The molecule has 8 heteroatoms. The minimum Gasteiger partial charge on any atom is -0.474 e. The van der Waals surface area contributed by atoms with E-state index < -0.39 is 11.7 Å². The molecule has 2 heterocycles. The number of alkyl halides is 1. The van der Waals surface area contributed by atoms with E-state index in [4.69, 9.17) is 21.1 Å². The topological polar surface area (TPSA) is 63.7 Å². The summed E-state index contributed by atoms with van der Waals surface area (Å²) in [4.78, 5) is 19.3. The summed E-state index contributed by atoms with van der Waals surface area (Å²) < 4.78 is 24.7. The van der Waals surface area contributed by atoms with E-state index in [0.29, 0.717) is 31.3 Å². The number of nitrogens with one attached hydrogen (secondary N) is 1. The van der Waals surface area contributed by atoms with Crippen molar-refractivity contribution in [3.05, 3.63) is 47.3 Å². The molecule has 180 valence electrons. The maximum absolute atomic E-state index is 13.4. The van der Waals surface area contributed by atoms with Crippen LogP contribution in [-0.4, -0.2) is 41.2 Å². The number of ether oxygens (including phenoxy) is 2. The molecule has 0 bridgehead atoms. The Kier molecular flexibility index (Phi) is 8.05. The number of pyridine rings is 1. The van der Waals surface area contributed by atoms with Crippen LogP contribution in [0.3, 0.4) is 0 Å². The number of halogens is 2. The van der Waals surface area contributed by atoms with Crippen molar-refractivity contribution in [3.8, 4) is 5.88 Å². The van der Waals surface area contributed by atoms with Gasteiger partial charge >= 0.3 is 6.09 Å². The first-order valence-electron chi connectivity index (χ1n) is 11.4. The van der Waals surface area contributed by atoms with Gasteiger partial charge in [-0.3, -0.25) is 5.32 Å². The Bertz CT molecular complexity index is 963. The second-order valence-corrected chi connectivity index (χ2v) is 10.1. The highest BCUT2D eigenvalue weighted by molar-refractivity contribution is 6.21. The maximum atomic E-state index is 13.4. The maximum Gasteiger partial charge on any atom is 0.413 e. The van der Waals surface area contributed by atoms with Crippen LogP contribution in [0.4, 0.5) is 20.7 Å². The van der Waals surface area contributed by atoms with Crippen molar-refractivity contribution < 1.29 is 18.7 Å². The fourth-order valence-corrected chi connectivity index (χ4v) is 4.09. The predicted octanol–water partition coefficient (Wildman–Crippen LogP) is 6.15. The molecule has 0 fully saturated rings. The number of nitrogens with zero attached hydrogens (tertiary/aromatic N) is 2. The molecule has 2 atom stereocenters. The number of fused-ring (bicyclic) bond motifs is 1. The van der Waals surface area contributed by atoms with Crippen LogP contribution in [0.15, 0.2) is 30.3 Å². The number of aromatic nitrogens is 1. The normalized spacial score (nSPS) is 16.6. The smallest absolute Gasteiger partial charge is 0.413 e. The largest absolute Gasteiger partial charge is 0.474 e. The van der Waals surface area contributed by atoms with Gasteiger partial charge in [0.25, 0.3) is 0 Å². The molecule has 0 radical (unpaired) electrons. The molecule has 2 unspecified atom stereocenters. The molecule has 33 heavy (non-hydrogen) atoms. The zero-order valence-electron chi connectivity index (χ0n) is 20.0. The molecular weight excluding hydrogens is 445 g/mol. The van der Waals surface area contributed by atoms with Gasteiger partial charge in [-0.25, -0.2) is 9.18 Å². The second kappa shape index (κ2) is 10.6. The first-order chi connectivity index (χ1) is 15.6. The summed E-state index contributed by atoms with van der Waals surface area (Å²) in [6, 6.07) is 8.38. The van der Waals surface area contributed by atoms with Crippen LogP contribution in [-0.2, 0) is 11.2 Å². The highest BCUT2D eigenvalue weighted by atomic mass is 35.5. The van der Waals surface area contributed by atoms with Gasteiger partial charge in [-0.05, 0) is 57.9 Å². The van der Waals surface area contributed by atoms with E-state index in [0.717, 1.165) is 29.7 Å². The van der Waals surface area contributed by atoms with E-state index in [9.17, 15) is 9.18 Å². The lowest BCUT2D eigenvalue weighted by Crippen LogP contribution is -2.44. The van der Waals surface area contributed by atoms with Crippen molar-refractivity contribution in [2.24, 2.45) is 0 Å². The lowest BCUT2D eigenvalue weighted by atomic mass is 10.0. The Morgan fingerprint density at radius 2 is 2.06 bits per heavy atom. The monoisotopic (exact) mass is 477 g/mol. The van der Waals surface area contributed by atoms with Crippen LogP contribution in [0.1, 0.15) is 58.6 Å². The summed E-state index contributed by atoms with van der Waals surface area (Å²) in [5.74, 6) is 0.507. The first-order valence-corrected chi connectivity index (χ1v) is 11.8. The van der Waals surface area contributed by atoms with E-state index in [-0.39, 0.29) is 17.2 Å².